The minimum absolute atomic E-state index is 0.0323. The topological polar surface area (TPSA) is 89.5 Å². The predicted octanol–water partition coefficient (Wildman–Crippen LogP) is 4.08. The maximum atomic E-state index is 12.2. The molecule has 0 aliphatic rings. The molecule has 0 radical (unpaired) electrons. The molecular formula is C21H20ClNO5. The van der Waals surface area contributed by atoms with Crippen LogP contribution in [0.3, 0.4) is 0 Å². The van der Waals surface area contributed by atoms with Crippen LogP contribution in [0, 0.1) is 0 Å². The van der Waals surface area contributed by atoms with Crippen molar-refractivity contribution in [2.75, 3.05) is 5.32 Å². The highest BCUT2D eigenvalue weighted by atomic mass is 35.5. The smallest absolute Gasteiger partial charge is 0.307 e. The molecule has 0 heterocycles. The van der Waals surface area contributed by atoms with Crippen LogP contribution in [0.15, 0.2) is 48.5 Å². The molecule has 2 aromatic rings. The Kier molecular flexibility index (Phi) is 7.46. The van der Waals surface area contributed by atoms with E-state index in [1.165, 1.54) is 13.8 Å². The number of Topliss-reactive ketones (excluding diaryl/α,β-unsaturated/α-hetero) is 2. The van der Waals surface area contributed by atoms with Gasteiger partial charge in [-0.25, -0.2) is 0 Å². The van der Waals surface area contributed by atoms with Crippen LogP contribution in [0.1, 0.15) is 47.4 Å². The molecule has 1 N–H and O–H groups in total. The van der Waals surface area contributed by atoms with Crippen LogP contribution in [0.25, 0.3) is 0 Å². The molecule has 7 heteroatoms. The molecule has 0 spiro atoms. The van der Waals surface area contributed by atoms with Gasteiger partial charge in [-0.1, -0.05) is 23.7 Å². The van der Waals surface area contributed by atoms with E-state index in [0.29, 0.717) is 21.8 Å². The van der Waals surface area contributed by atoms with Crippen molar-refractivity contribution in [2.24, 2.45) is 0 Å². The standard InChI is InChI=1S/C21H20ClNO5/c1-13(24)16-4-3-5-18(12-16)23-21(27)14(2)28-20(26)11-10-19(25)15-6-8-17(22)9-7-15/h3-9,12,14H,10-11H2,1-2H3,(H,23,27)/t14-/m0/s1. The molecule has 28 heavy (non-hydrogen) atoms. The molecule has 0 aromatic heterocycles. The van der Waals surface area contributed by atoms with Gasteiger partial charge in [0.15, 0.2) is 17.7 Å². The largest absolute Gasteiger partial charge is 0.453 e. The van der Waals surface area contributed by atoms with E-state index in [-0.39, 0.29) is 24.4 Å². The zero-order valence-corrected chi connectivity index (χ0v) is 16.3. The molecule has 0 bridgehead atoms. The van der Waals surface area contributed by atoms with Gasteiger partial charge in [0.2, 0.25) is 0 Å². The number of carbonyl (C=O) groups excluding carboxylic acids is 4. The van der Waals surface area contributed by atoms with Crippen molar-refractivity contribution in [3.05, 3.63) is 64.7 Å². The van der Waals surface area contributed by atoms with E-state index >= 15 is 0 Å². The fourth-order valence-corrected chi connectivity index (χ4v) is 2.49. The second kappa shape index (κ2) is 9.80. The minimum Gasteiger partial charge on any atom is -0.453 e. The molecule has 2 aromatic carbocycles. The summed E-state index contributed by atoms with van der Waals surface area (Å²) >= 11 is 5.77. The van der Waals surface area contributed by atoms with Crippen LogP contribution in [0.4, 0.5) is 5.69 Å². The van der Waals surface area contributed by atoms with Crippen molar-refractivity contribution in [3.63, 3.8) is 0 Å². The lowest BCUT2D eigenvalue weighted by Crippen LogP contribution is -2.30. The van der Waals surface area contributed by atoms with Gasteiger partial charge in [0.05, 0.1) is 6.42 Å². The number of amides is 1. The van der Waals surface area contributed by atoms with Crippen LogP contribution in [0.5, 0.6) is 0 Å². The lowest BCUT2D eigenvalue weighted by Gasteiger charge is -2.14. The van der Waals surface area contributed by atoms with E-state index in [0.717, 1.165) is 0 Å². The van der Waals surface area contributed by atoms with Crippen LogP contribution in [-0.4, -0.2) is 29.5 Å². The molecule has 2 rings (SSSR count). The molecule has 0 aliphatic carbocycles. The van der Waals surface area contributed by atoms with Crippen molar-refractivity contribution in [1.82, 2.24) is 0 Å². The summed E-state index contributed by atoms with van der Waals surface area (Å²) in [5.74, 6) is -1.52. The fourth-order valence-electron chi connectivity index (χ4n) is 2.37. The summed E-state index contributed by atoms with van der Waals surface area (Å²) in [7, 11) is 0. The van der Waals surface area contributed by atoms with Gasteiger partial charge in [0, 0.05) is 28.3 Å². The zero-order valence-electron chi connectivity index (χ0n) is 15.5. The van der Waals surface area contributed by atoms with Crippen molar-refractivity contribution >= 4 is 40.7 Å². The second-order valence-electron chi connectivity index (χ2n) is 6.19. The number of hydrogen-bond acceptors (Lipinski definition) is 5. The van der Waals surface area contributed by atoms with E-state index in [9.17, 15) is 19.2 Å². The maximum absolute atomic E-state index is 12.2. The molecule has 0 aliphatic heterocycles. The van der Waals surface area contributed by atoms with Gasteiger partial charge in [-0.05, 0) is 50.2 Å². The summed E-state index contributed by atoms with van der Waals surface area (Å²) in [6.45, 7) is 2.86. The molecule has 0 saturated heterocycles. The molecular weight excluding hydrogens is 382 g/mol. The molecule has 1 atom stereocenters. The van der Waals surface area contributed by atoms with Gasteiger partial charge < -0.3 is 10.1 Å². The quantitative estimate of drug-likeness (QED) is 0.531. The van der Waals surface area contributed by atoms with Crippen molar-refractivity contribution in [3.8, 4) is 0 Å². The Labute approximate surface area is 167 Å². The third kappa shape index (κ3) is 6.32. The fraction of sp³-hybridized carbons (Fsp3) is 0.238. The van der Waals surface area contributed by atoms with E-state index in [4.69, 9.17) is 16.3 Å². The second-order valence-corrected chi connectivity index (χ2v) is 6.62. The van der Waals surface area contributed by atoms with Crippen LogP contribution in [0.2, 0.25) is 5.02 Å². The highest BCUT2D eigenvalue weighted by molar-refractivity contribution is 6.30. The van der Waals surface area contributed by atoms with Crippen LogP contribution < -0.4 is 5.32 Å². The average molecular weight is 402 g/mol. The van der Waals surface area contributed by atoms with Crippen LogP contribution in [-0.2, 0) is 14.3 Å². The Hall–Kier alpha value is -2.99. The number of ketones is 2. The van der Waals surface area contributed by atoms with Gasteiger partial charge in [-0.15, -0.1) is 0 Å². The van der Waals surface area contributed by atoms with Crippen LogP contribution >= 0.6 is 11.6 Å². The highest BCUT2D eigenvalue weighted by Crippen LogP contribution is 2.14. The summed E-state index contributed by atoms with van der Waals surface area (Å²) in [4.78, 5) is 47.5. The maximum Gasteiger partial charge on any atom is 0.307 e. The minimum atomic E-state index is -1.04. The number of rotatable bonds is 8. The summed E-state index contributed by atoms with van der Waals surface area (Å²) in [6.07, 6.45) is -1.21. The van der Waals surface area contributed by atoms with Gasteiger partial charge in [-0.2, -0.15) is 0 Å². The first-order chi connectivity index (χ1) is 13.3. The Balaban J connectivity index is 1.83. The number of carbonyl (C=O) groups is 4. The zero-order chi connectivity index (χ0) is 20.7. The summed E-state index contributed by atoms with van der Waals surface area (Å²) in [5.41, 5.74) is 1.34. The lowest BCUT2D eigenvalue weighted by molar-refractivity contribution is -0.153. The third-order valence-corrected chi connectivity index (χ3v) is 4.19. The number of nitrogens with one attached hydrogen (secondary N) is 1. The Morgan fingerprint density at radius 3 is 2.32 bits per heavy atom. The molecule has 1 amide bonds. The first-order valence-corrected chi connectivity index (χ1v) is 9.04. The summed E-state index contributed by atoms with van der Waals surface area (Å²) in [6, 6.07) is 12.8. The monoisotopic (exact) mass is 401 g/mol. The first kappa shape index (κ1) is 21.3. The van der Waals surface area contributed by atoms with Gasteiger partial charge in [0.1, 0.15) is 0 Å². The summed E-state index contributed by atoms with van der Waals surface area (Å²) in [5, 5.41) is 3.11. The molecule has 0 fully saturated rings. The van der Waals surface area contributed by atoms with Gasteiger partial charge >= 0.3 is 5.97 Å². The molecule has 146 valence electrons. The molecule has 6 nitrogen and oxygen atoms in total. The Morgan fingerprint density at radius 1 is 1.00 bits per heavy atom. The van der Waals surface area contributed by atoms with Gasteiger partial charge in [0.25, 0.3) is 5.91 Å². The number of esters is 1. The number of ether oxygens (including phenoxy) is 1. The molecule has 0 saturated carbocycles. The first-order valence-electron chi connectivity index (χ1n) is 8.66. The van der Waals surface area contributed by atoms with Crippen molar-refractivity contribution in [2.45, 2.75) is 32.8 Å². The molecule has 0 unspecified atom stereocenters. The Morgan fingerprint density at radius 2 is 1.68 bits per heavy atom. The van der Waals surface area contributed by atoms with Gasteiger partial charge in [-0.3, -0.25) is 19.2 Å². The van der Waals surface area contributed by atoms with E-state index < -0.39 is 18.0 Å². The number of hydrogen-bond donors (Lipinski definition) is 1. The summed E-state index contributed by atoms with van der Waals surface area (Å²) < 4.78 is 5.08. The average Bonchev–Trinajstić information content (AvgIpc) is 2.66. The normalized spacial score (nSPS) is 11.4. The van der Waals surface area contributed by atoms with E-state index in [1.807, 2.05) is 0 Å². The number of benzene rings is 2. The third-order valence-electron chi connectivity index (χ3n) is 3.94. The predicted molar refractivity (Wildman–Crippen MR) is 106 cm³/mol. The van der Waals surface area contributed by atoms with Crippen molar-refractivity contribution < 1.29 is 23.9 Å². The number of halogens is 1. The highest BCUT2D eigenvalue weighted by Gasteiger charge is 2.19. The number of anilines is 1. The lowest BCUT2D eigenvalue weighted by atomic mass is 10.1. The van der Waals surface area contributed by atoms with E-state index in [2.05, 4.69) is 5.32 Å². The van der Waals surface area contributed by atoms with Crippen molar-refractivity contribution in [1.29, 1.82) is 0 Å². The van der Waals surface area contributed by atoms with E-state index in [1.54, 1.807) is 48.5 Å². The SMILES string of the molecule is CC(=O)c1cccc(NC(=O)[C@H](C)OC(=O)CCC(=O)c2ccc(Cl)cc2)c1. The Bertz CT molecular complexity index is 892.